The summed E-state index contributed by atoms with van der Waals surface area (Å²) < 4.78 is 0. The highest BCUT2D eigenvalue weighted by molar-refractivity contribution is 6.00. The molecule has 0 radical (unpaired) electrons. The molecule has 0 spiro atoms. The molecule has 0 saturated heterocycles. The average molecular weight is 213 g/mol. The van der Waals surface area contributed by atoms with Gasteiger partial charge in [-0.05, 0) is 24.3 Å². The number of amidine groups is 1. The smallest absolute Gasteiger partial charge is 0.123 e. The molecule has 1 fully saturated rings. The van der Waals surface area contributed by atoms with Gasteiger partial charge in [-0.1, -0.05) is 30.3 Å². The molecule has 2 N–H and O–H groups in total. The number of nitrogens with zero attached hydrogens (tertiary/aromatic N) is 2. The highest BCUT2D eigenvalue weighted by Gasteiger charge is 2.35. The molecule has 0 amide bonds. The predicted octanol–water partition coefficient (Wildman–Crippen LogP) is 2.30. The molecule has 3 nitrogen and oxygen atoms in total. The van der Waals surface area contributed by atoms with Gasteiger partial charge < -0.3 is 5.73 Å². The SMILES string of the molecule is NC1=NN=C(C2CC2)C(c2ccccc2)C1. The molecule has 1 atom stereocenters. The van der Waals surface area contributed by atoms with Crippen molar-refractivity contribution in [3.8, 4) is 0 Å². The molecule has 16 heavy (non-hydrogen) atoms. The van der Waals surface area contributed by atoms with Crippen LogP contribution in [0.5, 0.6) is 0 Å². The third-order valence-electron chi connectivity index (χ3n) is 3.26. The molecule has 1 aromatic carbocycles. The number of rotatable bonds is 2. The first-order valence-electron chi connectivity index (χ1n) is 5.79. The molecular weight excluding hydrogens is 198 g/mol. The molecule has 1 aliphatic carbocycles. The first kappa shape index (κ1) is 9.58. The number of hydrogen-bond acceptors (Lipinski definition) is 3. The second-order valence-electron chi connectivity index (χ2n) is 4.56. The van der Waals surface area contributed by atoms with Crippen LogP contribution in [0.1, 0.15) is 30.7 Å². The minimum Gasteiger partial charge on any atom is -0.386 e. The maximum absolute atomic E-state index is 5.79. The molecule has 82 valence electrons. The quantitative estimate of drug-likeness (QED) is 0.805. The van der Waals surface area contributed by atoms with Crippen molar-refractivity contribution in [2.45, 2.75) is 25.2 Å². The van der Waals surface area contributed by atoms with Crippen molar-refractivity contribution in [2.75, 3.05) is 0 Å². The summed E-state index contributed by atoms with van der Waals surface area (Å²) in [5.74, 6) is 1.66. The molecule has 0 bridgehead atoms. The standard InChI is InChI=1S/C13H15N3/c14-12-8-11(9-4-2-1-3-5-9)13(16-15-12)10-6-7-10/h1-5,10-11H,6-8H2,(H2,14,15). The lowest BCUT2D eigenvalue weighted by atomic mass is 9.87. The van der Waals surface area contributed by atoms with E-state index in [9.17, 15) is 0 Å². The van der Waals surface area contributed by atoms with Crippen molar-refractivity contribution >= 4 is 11.5 Å². The summed E-state index contributed by atoms with van der Waals surface area (Å²) in [4.78, 5) is 0. The second kappa shape index (κ2) is 3.74. The lowest BCUT2D eigenvalue weighted by molar-refractivity contribution is 0.845. The lowest BCUT2D eigenvalue weighted by Gasteiger charge is -2.21. The Morgan fingerprint density at radius 2 is 1.81 bits per heavy atom. The van der Waals surface area contributed by atoms with Crippen molar-refractivity contribution < 1.29 is 0 Å². The van der Waals surface area contributed by atoms with Crippen molar-refractivity contribution in [1.29, 1.82) is 0 Å². The molecule has 0 aromatic heterocycles. The lowest BCUT2D eigenvalue weighted by Crippen LogP contribution is -2.26. The molecule has 1 unspecified atom stereocenters. The maximum Gasteiger partial charge on any atom is 0.123 e. The summed E-state index contributed by atoms with van der Waals surface area (Å²) in [7, 11) is 0. The van der Waals surface area contributed by atoms with Crippen molar-refractivity contribution in [1.82, 2.24) is 0 Å². The average Bonchev–Trinajstić information content (AvgIpc) is 3.14. The van der Waals surface area contributed by atoms with Gasteiger partial charge in [0.2, 0.25) is 0 Å². The molecule has 3 heteroatoms. The Labute approximate surface area is 95.1 Å². The Morgan fingerprint density at radius 1 is 1.06 bits per heavy atom. The van der Waals surface area contributed by atoms with E-state index in [4.69, 9.17) is 5.73 Å². The van der Waals surface area contributed by atoms with Gasteiger partial charge in [-0.15, -0.1) is 5.10 Å². The zero-order chi connectivity index (χ0) is 11.0. The zero-order valence-corrected chi connectivity index (χ0v) is 9.13. The van der Waals surface area contributed by atoms with Gasteiger partial charge in [-0.2, -0.15) is 5.10 Å². The van der Waals surface area contributed by atoms with Crippen molar-refractivity contribution in [2.24, 2.45) is 21.9 Å². The number of benzene rings is 1. The van der Waals surface area contributed by atoms with Crippen LogP contribution in [0.2, 0.25) is 0 Å². The van der Waals surface area contributed by atoms with E-state index in [0.29, 0.717) is 17.7 Å². The van der Waals surface area contributed by atoms with Crippen LogP contribution < -0.4 is 5.73 Å². The van der Waals surface area contributed by atoms with Gasteiger partial charge in [0, 0.05) is 12.3 Å². The summed E-state index contributed by atoms with van der Waals surface area (Å²) in [6.45, 7) is 0. The Hall–Kier alpha value is -1.64. The third-order valence-corrected chi connectivity index (χ3v) is 3.26. The summed E-state index contributed by atoms with van der Waals surface area (Å²) in [6.07, 6.45) is 3.34. The van der Waals surface area contributed by atoms with Crippen LogP contribution in [0.3, 0.4) is 0 Å². The minimum atomic E-state index is 0.353. The Bertz CT molecular complexity index is 444. The molecule has 1 aromatic rings. The van der Waals surface area contributed by atoms with E-state index >= 15 is 0 Å². The van der Waals surface area contributed by atoms with Crippen molar-refractivity contribution in [3.05, 3.63) is 35.9 Å². The summed E-state index contributed by atoms with van der Waals surface area (Å²) in [5.41, 5.74) is 8.34. The second-order valence-corrected chi connectivity index (χ2v) is 4.56. The summed E-state index contributed by atoms with van der Waals surface area (Å²) in [6, 6.07) is 10.5. The van der Waals surface area contributed by atoms with Gasteiger partial charge >= 0.3 is 0 Å². The molecule has 2 aliphatic rings. The fourth-order valence-corrected chi connectivity index (χ4v) is 2.27. The largest absolute Gasteiger partial charge is 0.386 e. The third kappa shape index (κ3) is 1.73. The van der Waals surface area contributed by atoms with E-state index in [-0.39, 0.29) is 0 Å². The van der Waals surface area contributed by atoms with Crippen LogP contribution in [-0.4, -0.2) is 11.5 Å². The van der Waals surface area contributed by atoms with Gasteiger partial charge in [0.15, 0.2) is 0 Å². The fourth-order valence-electron chi connectivity index (χ4n) is 2.27. The Balaban J connectivity index is 1.94. The van der Waals surface area contributed by atoms with Crippen molar-refractivity contribution in [3.63, 3.8) is 0 Å². The van der Waals surface area contributed by atoms with Crippen LogP contribution >= 0.6 is 0 Å². The summed E-state index contributed by atoms with van der Waals surface area (Å²) >= 11 is 0. The number of nitrogens with two attached hydrogens (primary N) is 1. The molecule has 1 saturated carbocycles. The molecule has 1 heterocycles. The monoisotopic (exact) mass is 213 g/mol. The van der Waals surface area contributed by atoms with E-state index < -0.39 is 0 Å². The van der Waals surface area contributed by atoms with E-state index in [1.165, 1.54) is 24.1 Å². The van der Waals surface area contributed by atoms with E-state index in [1.54, 1.807) is 0 Å². The Kier molecular flexibility index (Phi) is 2.24. The number of hydrogen-bond donors (Lipinski definition) is 1. The Morgan fingerprint density at radius 3 is 2.50 bits per heavy atom. The molecular formula is C13H15N3. The predicted molar refractivity (Wildman–Crippen MR) is 65.6 cm³/mol. The molecule has 3 rings (SSSR count). The van der Waals surface area contributed by atoms with Crippen LogP contribution in [-0.2, 0) is 0 Å². The zero-order valence-electron chi connectivity index (χ0n) is 9.13. The highest BCUT2D eigenvalue weighted by atomic mass is 15.2. The van der Waals surface area contributed by atoms with Gasteiger partial charge in [-0.3, -0.25) is 0 Å². The van der Waals surface area contributed by atoms with E-state index in [1.807, 2.05) is 6.07 Å². The van der Waals surface area contributed by atoms with E-state index in [0.717, 1.165) is 6.42 Å². The van der Waals surface area contributed by atoms with Crippen LogP contribution in [0.4, 0.5) is 0 Å². The first-order chi connectivity index (χ1) is 7.84. The van der Waals surface area contributed by atoms with Gasteiger partial charge in [0.25, 0.3) is 0 Å². The van der Waals surface area contributed by atoms with Crippen LogP contribution in [0.25, 0.3) is 0 Å². The minimum absolute atomic E-state index is 0.353. The summed E-state index contributed by atoms with van der Waals surface area (Å²) in [5, 5.41) is 8.34. The van der Waals surface area contributed by atoms with Crippen LogP contribution in [0, 0.1) is 5.92 Å². The van der Waals surface area contributed by atoms with Gasteiger partial charge in [0.05, 0.1) is 5.71 Å². The maximum atomic E-state index is 5.79. The molecule has 1 aliphatic heterocycles. The van der Waals surface area contributed by atoms with Gasteiger partial charge in [0.1, 0.15) is 5.84 Å². The van der Waals surface area contributed by atoms with Gasteiger partial charge in [-0.25, -0.2) is 0 Å². The topological polar surface area (TPSA) is 50.7 Å². The first-order valence-corrected chi connectivity index (χ1v) is 5.79. The fraction of sp³-hybridized carbons (Fsp3) is 0.385. The van der Waals surface area contributed by atoms with Crippen LogP contribution in [0.15, 0.2) is 40.5 Å². The highest BCUT2D eigenvalue weighted by Crippen LogP contribution is 2.39. The van der Waals surface area contributed by atoms with E-state index in [2.05, 4.69) is 34.5 Å². The normalized spacial score (nSPS) is 24.9.